The monoisotopic (exact) mass is 78.0 g/mol. The second kappa shape index (κ2) is 3.27. The van der Waals surface area contributed by atoms with Crippen LogP contribution in [0.25, 0.3) is 4.85 Å². The molecule has 2 heteroatoms. The lowest BCUT2D eigenvalue weighted by Crippen LogP contribution is -1.41. The highest BCUT2D eigenvalue weighted by Gasteiger charge is 1.37. The first kappa shape index (κ1) is 4.27. The Kier molecular flexibility index (Phi) is 2.79. The highest BCUT2D eigenvalue weighted by molar-refractivity contribution is 6.22. The Bertz CT molecular complexity index is 100. The van der Waals surface area contributed by atoms with Gasteiger partial charge in [0.15, 0.2) is 0 Å². The smallest absolute Gasteiger partial charge is 0.125 e. The number of nitrogens with zero attached hydrogens (tertiary/aromatic N) is 1. The van der Waals surface area contributed by atoms with Gasteiger partial charge in [-0.1, -0.05) is 0 Å². The summed E-state index contributed by atoms with van der Waals surface area (Å²) >= 11 is 0. The third-order valence-electron chi connectivity index (χ3n) is 0.112. The lowest BCUT2D eigenvalue weighted by molar-refractivity contribution is 2.28. The molecule has 0 rings (SSSR count). The average Bonchev–Trinajstić information content (AvgIpc) is 1.41. The van der Waals surface area contributed by atoms with Crippen molar-refractivity contribution in [1.29, 1.82) is 0 Å². The molecule has 0 spiro atoms. The zero-order valence-corrected chi connectivity index (χ0v) is 3.45. The molecule has 0 saturated heterocycles. The SMILES string of the molecule is [C-]#[N+]C#C[Si]. The maximum atomic E-state index is 6.02. The van der Waals surface area contributed by atoms with Gasteiger partial charge in [-0.25, -0.2) is 0 Å². The molecule has 3 radical (unpaired) electrons. The Labute approximate surface area is 34.2 Å². The molecular formula is C3NSi. The van der Waals surface area contributed by atoms with Gasteiger partial charge in [-0.05, 0) is 0 Å². The zero-order chi connectivity index (χ0) is 4.12. The largest absolute Gasteiger partial charge is 0.195 e. The van der Waals surface area contributed by atoms with Gasteiger partial charge in [0.05, 0.1) is 0 Å². The minimum absolute atomic E-state index is 2.07. The van der Waals surface area contributed by atoms with Gasteiger partial charge in [0.2, 0.25) is 0 Å². The maximum Gasteiger partial charge on any atom is 0.125 e. The molecule has 1 nitrogen and oxygen atoms in total. The second-order valence-corrected chi connectivity index (χ2v) is 0.599. The van der Waals surface area contributed by atoms with Crippen LogP contribution in [0.2, 0.25) is 0 Å². The Hall–Kier alpha value is -0.733. The highest BCUT2D eigenvalue weighted by atomic mass is 28.1. The van der Waals surface area contributed by atoms with E-state index in [1.807, 2.05) is 0 Å². The van der Waals surface area contributed by atoms with E-state index in [-0.39, 0.29) is 0 Å². The minimum atomic E-state index is 2.07. The summed E-state index contributed by atoms with van der Waals surface area (Å²) < 4.78 is 0. The molecule has 0 saturated carbocycles. The molecule has 0 aromatic rings. The molecule has 0 unspecified atom stereocenters. The molecule has 0 aliphatic heterocycles. The number of hydrogen-bond acceptors (Lipinski definition) is 0. The van der Waals surface area contributed by atoms with E-state index in [1.54, 1.807) is 0 Å². The van der Waals surface area contributed by atoms with Gasteiger partial charge in [0.25, 0.3) is 0 Å². The molecule has 21 valence electrons. The van der Waals surface area contributed by atoms with E-state index in [1.165, 1.54) is 0 Å². The van der Waals surface area contributed by atoms with Crippen LogP contribution in [0.15, 0.2) is 0 Å². The van der Waals surface area contributed by atoms with Gasteiger partial charge in [-0.15, -0.1) is 0 Å². The summed E-state index contributed by atoms with van der Waals surface area (Å²) in [5, 5.41) is 0. The fourth-order valence-electron chi connectivity index (χ4n) is 0.0280. The van der Waals surface area contributed by atoms with Gasteiger partial charge in [0.1, 0.15) is 22.9 Å². The molecule has 0 aromatic heterocycles. The van der Waals surface area contributed by atoms with Crippen molar-refractivity contribution in [2.24, 2.45) is 0 Å². The van der Waals surface area contributed by atoms with E-state index >= 15 is 0 Å². The van der Waals surface area contributed by atoms with Crippen molar-refractivity contribution in [1.82, 2.24) is 0 Å². The first-order chi connectivity index (χ1) is 2.41. The number of rotatable bonds is 0. The van der Waals surface area contributed by atoms with Crippen molar-refractivity contribution in [2.75, 3.05) is 0 Å². The summed E-state index contributed by atoms with van der Waals surface area (Å²) in [6.45, 7) is 6.02. The molecule has 0 fully saturated rings. The molecule has 5 heavy (non-hydrogen) atoms. The highest BCUT2D eigenvalue weighted by Crippen LogP contribution is 1.46. The van der Waals surface area contributed by atoms with Crippen LogP contribution in [-0.4, -0.2) is 10.2 Å². The van der Waals surface area contributed by atoms with E-state index in [0.29, 0.717) is 0 Å². The van der Waals surface area contributed by atoms with Crippen LogP contribution in [0.5, 0.6) is 0 Å². The van der Waals surface area contributed by atoms with Gasteiger partial charge < -0.3 is 0 Å². The normalized spacial score (nSPS) is 3.20. The molecule has 0 aromatic carbocycles. The predicted molar refractivity (Wildman–Crippen MR) is 20.1 cm³/mol. The van der Waals surface area contributed by atoms with Gasteiger partial charge in [-0.2, -0.15) is 10.4 Å². The van der Waals surface area contributed by atoms with E-state index in [9.17, 15) is 0 Å². The van der Waals surface area contributed by atoms with Crippen LogP contribution in [0.1, 0.15) is 0 Å². The van der Waals surface area contributed by atoms with Gasteiger partial charge in [0, 0.05) is 0 Å². The van der Waals surface area contributed by atoms with Crippen LogP contribution in [0, 0.1) is 18.2 Å². The van der Waals surface area contributed by atoms with Crippen molar-refractivity contribution < 1.29 is 0 Å². The Morgan fingerprint density at radius 1 is 1.80 bits per heavy atom. The van der Waals surface area contributed by atoms with Crippen LogP contribution in [0.3, 0.4) is 0 Å². The first-order valence-corrected chi connectivity index (χ1v) is 1.45. The molecule has 0 heterocycles. The summed E-state index contributed by atoms with van der Waals surface area (Å²) in [7, 11) is 2.78. The third-order valence-corrected chi connectivity index (χ3v) is 0.224. The summed E-state index contributed by atoms with van der Waals surface area (Å²) in [5.74, 6) is 0. The third kappa shape index (κ3) is 3.27. The van der Waals surface area contributed by atoms with Crippen LogP contribution < -0.4 is 0 Å². The summed E-state index contributed by atoms with van der Waals surface area (Å²) in [5.41, 5.74) is 2.22. The standard InChI is InChI=1S/C3NSi/c1-4-2-3-5. The predicted octanol–water partition coefficient (Wildman–Crippen LogP) is -0.00741. The lowest BCUT2D eigenvalue weighted by atomic mass is 11.2. The quantitative estimate of drug-likeness (QED) is 0.218. The van der Waals surface area contributed by atoms with Crippen molar-refractivity contribution in [3.63, 3.8) is 0 Å². The second-order valence-electron chi connectivity index (χ2n) is 0.349. The summed E-state index contributed by atoms with van der Waals surface area (Å²) in [4.78, 5) is 2.69. The molecule has 0 atom stereocenters. The van der Waals surface area contributed by atoms with Crippen LogP contribution in [0.4, 0.5) is 0 Å². The van der Waals surface area contributed by atoms with Gasteiger partial charge in [-0.3, -0.25) is 0 Å². The minimum Gasteiger partial charge on any atom is -0.195 e. The molecule has 0 bridgehead atoms. The summed E-state index contributed by atoms with van der Waals surface area (Å²) in [6, 6.07) is 2.07. The summed E-state index contributed by atoms with van der Waals surface area (Å²) in [6.07, 6.45) is 0. The average molecular weight is 78.1 g/mol. The Balaban J connectivity index is 3.30. The molecule has 0 aliphatic rings. The van der Waals surface area contributed by atoms with E-state index in [0.717, 1.165) is 0 Å². The van der Waals surface area contributed by atoms with Gasteiger partial charge >= 0.3 is 0 Å². The van der Waals surface area contributed by atoms with Crippen LogP contribution in [-0.2, 0) is 0 Å². The van der Waals surface area contributed by atoms with E-state index in [2.05, 4.69) is 26.7 Å². The van der Waals surface area contributed by atoms with E-state index in [4.69, 9.17) is 6.57 Å². The topological polar surface area (TPSA) is 4.36 Å². The Morgan fingerprint density at radius 2 is 2.40 bits per heavy atom. The fraction of sp³-hybridized carbons (Fsp3) is 0. The fourth-order valence-corrected chi connectivity index (χ4v) is 0.0839. The van der Waals surface area contributed by atoms with Crippen molar-refractivity contribution in [3.05, 3.63) is 11.4 Å². The maximum absolute atomic E-state index is 6.02. The van der Waals surface area contributed by atoms with Crippen LogP contribution >= 0.6 is 0 Å². The molecular weight excluding hydrogens is 78.1 g/mol. The molecule has 0 amide bonds. The molecule has 0 N–H and O–H groups in total. The zero-order valence-electron chi connectivity index (χ0n) is 2.45. The lowest BCUT2D eigenvalue weighted by Gasteiger charge is -1.42. The first-order valence-electron chi connectivity index (χ1n) is 0.947. The number of hydrogen-bond donors (Lipinski definition) is 0. The molecule has 0 aliphatic carbocycles. The van der Waals surface area contributed by atoms with E-state index < -0.39 is 0 Å². The van der Waals surface area contributed by atoms with Crippen molar-refractivity contribution >= 4 is 10.2 Å². The van der Waals surface area contributed by atoms with Crippen molar-refractivity contribution in [2.45, 2.75) is 0 Å². The van der Waals surface area contributed by atoms with Crippen molar-refractivity contribution in [3.8, 4) is 11.6 Å². The Morgan fingerprint density at radius 3 is 2.40 bits per heavy atom.